The SMILES string of the molecule is Cc1cc(/C=C(\C#N)C(=O)NC[C@H]2CCCO2)c(C)n1C1CC1. The molecule has 122 valence electrons. The Hall–Kier alpha value is -2.06. The summed E-state index contributed by atoms with van der Waals surface area (Å²) in [6, 6.07) is 4.67. The zero-order chi connectivity index (χ0) is 16.4. The fourth-order valence-electron chi connectivity index (χ4n) is 3.25. The second kappa shape index (κ2) is 6.59. The van der Waals surface area contributed by atoms with Gasteiger partial charge >= 0.3 is 0 Å². The molecule has 2 aliphatic rings. The molecule has 1 amide bonds. The third-order valence-corrected chi connectivity index (χ3v) is 4.61. The van der Waals surface area contributed by atoms with Gasteiger partial charge in [0.05, 0.1) is 6.10 Å². The van der Waals surface area contributed by atoms with E-state index in [9.17, 15) is 10.1 Å². The third-order valence-electron chi connectivity index (χ3n) is 4.61. The molecular formula is C18H23N3O2. The van der Waals surface area contributed by atoms with Crippen molar-refractivity contribution < 1.29 is 9.53 Å². The highest BCUT2D eigenvalue weighted by atomic mass is 16.5. The van der Waals surface area contributed by atoms with Crippen molar-refractivity contribution in [3.63, 3.8) is 0 Å². The van der Waals surface area contributed by atoms with Gasteiger partial charge in [0.2, 0.25) is 0 Å². The zero-order valence-electron chi connectivity index (χ0n) is 13.8. The number of rotatable bonds is 5. The molecule has 1 saturated heterocycles. The molecule has 1 atom stereocenters. The van der Waals surface area contributed by atoms with Crippen LogP contribution in [0.15, 0.2) is 11.6 Å². The first-order valence-electron chi connectivity index (χ1n) is 8.30. The van der Waals surface area contributed by atoms with Crippen molar-refractivity contribution in [2.45, 2.75) is 51.7 Å². The average molecular weight is 313 g/mol. The quantitative estimate of drug-likeness (QED) is 0.671. The predicted octanol–water partition coefficient (Wildman–Crippen LogP) is 2.64. The van der Waals surface area contributed by atoms with E-state index in [0.29, 0.717) is 12.6 Å². The van der Waals surface area contributed by atoms with Crippen molar-refractivity contribution in [3.05, 3.63) is 28.6 Å². The average Bonchev–Trinajstić information content (AvgIpc) is 3.14. The number of hydrogen-bond acceptors (Lipinski definition) is 3. The van der Waals surface area contributed by atoms with Gasteiger partial charge in [-0.2, -0.15) is 5.26 Å². The van der Waals surface area contributed by atoms with E-state index in [0.717, 1.165) is 30.7 Å². The number of carbonyl (C=O) groups excluding carboxylic acids is 1. The number of aromatic nitrogens is 1. The van der Waals surface area contributed by atoms with E-state index in [4.69, 9.17) is 4.74 Å². The molecule has 2 heterocycles. The number of amides is 1. The summed E-state index contributed by atoms with van der Waals surface area (Å²) in [5.41, 5.74) is 3.43. The van der Waals surface area contributed by atoms with Crippen molar-refractivity contribution in [1.82, 2.24) is 9.88 Å². The van der Waals surface area contributed by atoms with Crippen LogP contribution < -0.4 is 5.32 Å². The normalized spacial score (nSPS) is 21.3. The molecule has 1 aliphatic heterocycles. The van der Waals surface area contributed by atoms with Gasteiger partial charge in [0, 0.05) is 30.6 Å². The Labute approximate surface area is 136 Å². The van der Waals surface area contributed by atoms with Gasteiger partial charge in [-0.25, -0.2) is 0 Å². The minimum atomic E-state index is -0.320. The largest absolute Gasteiger partial charge is 0.376 e. The van der Waals surface area contributed by atoms with Crippen LogP contribution in [0, 0.1) is 25.2 Å². The van der Waals surface area contributed by atoms with Crippen molar-refractivity contribution in [3.8, 4) is 6.07 Å². The molecule has 1 aromatic heterocycles. The number of nitrogens with one attached hydrogen (secondary N) is 1. The summed E-state index contributed by atoms with van der Waals surface area (Å²) in [6.07, 6.45) is 6.22. The molecule has 5 heteroatoms. The number of hydrogen-bond donors (Lipinski definition) is 1. The van der Waals surface area contributed by atoms with Gasteiger partial charge in [0.15, 0.2) is 0 Å². The minimum absolute atomic E-state index is 0.0822. The summed E-state index contributed by atoms with van der Waals surface area (Å²) in [4.78, 5) is 12.2. The maximum Gasteiger partial charge on any atom is 0.262 e. The number of nitriles is 1. The van der Waals surface area contributed by atoms with Gasteiger partial charge in [-0.1, -0.05) is 0 Å². The monoisotopic (exact) mass is 313 g/mol. The second-order valence-electron chi connectivity index (χ2n) is 6.44. The number of ether oxygens (including phenoxy) is 1. The van der Waals surface area contributed by atoms with E-state index in [1.807, 2.05) is 6.07 Å². The highest BCUT2D eigenvalue weighted by molar-refractivity contribution is 6.01. The highest BCUT2D eigenvalue weighted by Crippen LogP contribution is 2.38. The van der Waals surface area contributed by atoms with Gasteiger partial charge in [0.25, 0.3) is 5.91 Å². The van der Waals surface area contributed by atoms with Crippen molar-refractivity contribution in [2.24, 2.45) is 0 Å². The van der Waals surface area contributed by atoms with Crippen LogP contribution in [0.1, 0.15) is 48.7 Å². The zero-order valence-corrected chi connectivity index (χ0v) is 13.8. The van der Waals surface area contributed by atoms with Crippen molar-refractivity contribution >= 4 is 12.0 Å². The number of nitrogens with zero attached hydrogens (tertiary/aromatic N) is 2. The summed E-state index contributed by atoms with van der Waals surface area (Å²) in [5, 5.41) is 12.1. The van der Waals surface area contributed by atoms with Gasteiger partial charge in [-0.05, 0) is 57.2 Å². The first-order chi connectivity index (χ1) is 11.1. The summed E-state index contributed by atoms with van der Waals surface area (Å²) >= 11 is 0. The molecule has 1 N–H and O–H groups in total. The highest BCUT2D eigenvalue weighted by Gasteiger charge is 2.27. The van der Waals surface area contributed by atoms with Crippen LogP contribution in [0.25, 0.3) is 6.08 Å². The molecule has 0 radical (unpaired) electrons. The van der Waals surface area contributed by atoms with E-state index in [1.54, 1.807) is 6.08 Å². The molecule has 0 spiro atoms. The molecule has 1 aromatic rings. The third kappa shape index (κ3) is 3.48. The topological polar surface area (TPSA) is 67.1 Å². The first kappa shape index (κ1) is 15.8. The molecule has 3 rings (SSSR count). The lowest BCUT2D eigenvalue weighted by Gasteiger charge is -2.10. The number of aryl methyl sites for hydroxylation is 1. The standard InChI is InChI=1S/C18H23N3O2/c1-12-8-14(13(2)21(12)16-5-6-16)9-15(10-19)18(22)20-11-17-4-3-7-23-17/h8-9,16-17H,3-7,11H2,1-2H3,(H,20,22)/b15-9+/t17-/m1/s1. The van der Waals surface area contributed by atoms with E-state index in [-0.39, 0.29) is 17.6 Å². The van der Waals surface area contributed by atoms with Crippen LogP contribution in [0.2, 0.25) is 0 Å². The van der Waals surface area contributed by atoms with Gasteiger partial charge < -0.3 is 14.6 Å². The fraction of sp³-hybridized carbons (Fsp3) is 0.556. The summed E-state index contributed by atoms with van der Waals surface area (Å²) in [6.45, 7) is 5.36. The predicted molar refractivity (Wildman–Crippen MR) is 87.8 cm³/mol. The Morgan fingerprint density at radius 1 is 1.48 bits per heavy atom. The molecule has 0 unspecified atom stereocenters. The maximum atomic E-state index is 12.2. The lowest BCUT2D eigenvalue weighted by atomic mass is 10.1. The summed E-state index contributed by atoms with van der Waals surface area (Å²) in [7, 11) is 0. The lowest BCUT2D eigenvalue weighted by Crippen LogP contribution is -2.32. The molecule has 2 fully saturated rings. The Kier molecular flexibility index (Phi) is 4.53. The molecule has 0 bridgehead atoms. The minimum Gasteiger partial charge on any atom is -0.376 e. The van der Waals surface area contributed by atoms with Crippen LogP contribution in [0.3, 0.4) is 0 Å². The summed E-state index contributed by atoms with van der Waals surface area (Å²) in [5.74, 6) is -0.320. The first-order valence-corrected chi connectivity index (χ1v) is 8.30. The van der Waals surface area contributed by atoms with Crippen molar-refractivity contribution in [1.29, 1.82) is 5.26 Å². The van der Waals surface area contributed by atoms with Crippen molar-refractivity contribution in [2.75, 3.05) is 13.2 Å². The van der Waals surface area contributed by atoms with Crippen LogP contribution in [-0.4, -0.2) is 29.7 Å². The van der Waals surface area contributed by atoms with Gasteiger partial charge in [-0.15, -0.1) is 0 Å². The van der Waals surface area contributed by atoms with Crippen LogP contribution >= 0.6 is 0 Å². The van der Waals surface area contributed by atoms with Crippen LogP contribution in [0.5, 0.6) is 0 Å². The van der Waals surface area contributed by atoms with Gasteiger partial charge in [-0.3, -0.25) is 4.79 Å². The van der Waals surface area contributed by atoms with Gasteiger partial charge in [0.1, 0.15) is 11.6 Å². The Bertz CT molecular complexity index is 671. The summed E-state index contributed by atoms with van der Waals surface area (Å²) < 4.78 is 7.80. The lowest BCUT2D eigenvalue weighted by molar-refractivity contribution is -0.117. The van der Waals surface area contributed by atoms with Crippen LogP contribution in [-0.2, 0) is 9.53 Å². The maximum absolute atomic E-state index is 12.2. The molecular weight excluding hydrogens is 290 g/mol. The van der Waals surface area contributed by atoms with E-state index < -0.39 is 0 Å². The Morgan fingerprint density at radius 2 is 2.26 bits per heavy atom. The number of carbonyl (C=O) groups is 1. The Balaban J connectivity index is 1.72. The van der Waals surface area contributed by atoms with E-state index in [1.165, 1.54) is 18.5 Å². The van der Waals surface area contributed by atoms with Crippen LogP contribution in [0.4, 0.5) is 0 Å². The second-order valence-corrected chi connectivity index (χ2v) is 6.44. The van der Waals surface area contributed by atoms with E-state index >= 15 is 0 Å². The molecule has 1 aliphatic carbocycles. The molecule has 23 heavy (non-hydrogen) atoms. The molecule has 1 saturated carbocycles. The Morgan fingerprint density at radius 3 is 2.87 bits per heavy atom. The van der Waals surface area contributed by atoms with E-state index in [2.05, 4.69) is 29.8 Å². The fourth-order valence-corrected chi connectivity index (χ4v) is 3.25. The smallest absolute Gasteiger partial charge is 0.262 e. The molecule has 5 nitrogen and oxygen atoms in total. The molecule has 0 aromatic carbocycles.